The summed E-state index contributed by atoms with van der Waals surface area (Å²) < 4.78 is 34.6. The number of sulfonamides is 1. The standard InChI is InChI=1S/C29H39N5O4S/c1-21-17-33(18-22(2)34(21)39(36,37)26-11-7-9-24(15-26)16-30)20-29(35)31-27-12-5-6-13-28(27)38-23(3)25-10-8-14-32(4)19-25/h5-7,9,11-13,15,21-23,25H,8,10,14,17-20H2,1-4H3,(H,31,35). The van der Waals surface area contributed by atoms with E-state index in [2.05, 4.69) is 24.2 Å². The molecule has 2 fully saturated rings. The van der Waals surface area contributed by atoms with E-state index in [-0.39, 0.29) is 35.5 Å². The third-order valence-electron chi connectivity index (χ3n) is 7.62. The fourth-order valence-electron chi connectivity index (χ4n) is 5.82. The van der Waals surface area contributed by atoms with E-state index < -0.39 is 10.0 Å². The lowest BCUT2D eigenvalue weighted by molar-refractivity contribution is -0.118. The van der Waals surface area contributed by atoms with Crippen LogP contribution in [0.4, 0.5) is 5.69 Å². The lowest BCUT2D eigenvalue weighted by Gasteiger charge is -2.43. The van der Waals surface area contributed by atoms with Crippen molar-refractivity contribution in [2.45, 2.75) is 56.7 Å². The number of piperidine rings is 1. The monoisotopic (exact) mass is 553 g/mol. The van der Waals surface area contributed by atoms with Crippen molar-refractivity contribution in [3.63, 3.8) is 0 Å². The lowest BCUT2D eigenvalue weighted by Crippen LogP contribution is -2.59. The van der Waals surface area contributed by atoms with Crippen LogP contribution in [-0.2, 0) is 14.8 Å². The maximum absolute atomic E-state index is 13.4. The number of likely N-dealkylation sites (tertiary alicyclic amines) is 1. The molecule has 2 saturated heterocycles. The van der Waals surface area contributed by atoms with Gasteiger partial charge in [-0.25, -0.2) is 8.42 Å². The Kier molecular flexibility index (Phi) is 9.28. The van der Waals surface area contributed by atoms with Gasteiger partial charge in [0.2, 0.25) is 15.9 Å². The molecule has 2 aromatic carbocycles. The zero-order valence-electron chi connectivity index (χ0n) is 23.2. The van der Waals surface area contributed by atoms with Gasteiger partial charge in [-0.05, 0) is 77.5 Å². The Bertz CT molecular complexity index is 1300. The van der Waals surface area contributed by atoms with Gasteiger partial charge in [-0.1, -0.05) is 18.2 Å². The summed E-state index contributed by atoms with van der Waals surface area (Å²) in [6.45, 7) is 8.87. The third-order valence-corrected chi connectivity index (χ3v) is 9.74. The number of nitrogens with zero attached hydrogens (tertiary/aromatic N) is 4. The maximum atomic E-state index is 13.4. The highest BCUT2D eigenvalue weighted by Gasteiger charge is 2.39. The molecule has 210 valence electrons. The van der Waals surface area contributed by atoms with E-state index in [1.165, 1.54) is 16.4 Å². The van der Waals surface area contributed by atoms with Crippen LogP contribution in [0.3, 0.4) is 0 Å². The molecule has 39 heavy (non-hydrogen) atoms. The Hall–Kier alpha value is -2.97. The number of piperazine rings is 1. The Morgan fingerprint density at radius 3 is 2.54 bits per heavy atom. The molecule has 0 bridgehead atoms. The lowest BCUT2D eigenvalue weighted by atomic mass is 9.93. The quantitative estimate of drug-likeness (QED) is 0.534. The van der Waals surface area contributed by atoms with Crippen LogP contribution in [0.25, 0.3) is 0 Å². The molecular formula is C29H39N5O4S. The zero-order valence-corrected chi connectivity index (χ0v) is 24.0. The summed E-state index contributed by atoms with van der Waals surface area (Å²) in [5, 5.41) is 12.2. The molecule has 0 aliphatic carbocycles. The van der Waals surface area contributed by atoms with E-state index in [0.717, 1.165) is 25.9 Å². The van der Waals surface area contributed by atoms with Crippen LogP contribution < -0.4 is 10.1 Å². The van der Waals surface area contributed by atoms with Crippen molar-refractivity contribution in [3.05, 3.63) is 54.1 Å². The molecule has 0 aromatic heterocycles. The highest BCUT2D eigenvalue weighted by molar-refractivity contribution is 7.89. The molecule has 1 N–H and O–H groups in total. The number of rotatable bonds is 8. The number of carbonyl (C=O) groups excluding carboxylic acids is 1. The first kappa shape index (κ1) is 29.0. The van der Waals surface area contributed by atoms with Gasteiger partial charge in [0.05, 0.1) is 28.8 Å². The molecule has 4 unspecified atom stereocenters. The second kappa shape index (κ2) is 12.5. The number of carbonyl (C=O) groups is 1. The Morgan fingerprint density at radius 2 is 1.85 bits per heavy atom. The van der Waals surface area contributed by atoms with Crippen LogP contribution in [0, 0.1) is 17.2 Å². The van der Waals surface area contributed by atoms with Crippen molar-refractivity contribution in [1.82, 2.24) is 14.1 Å². The highest BCUT2D eigenvalue weighted by atomic mass is 32.2. The van der Waals surface area contributed by atoms with Gasteiger partial charge in [-0.2, -0.15) is 9.57 Å². The second-order valence-corrected chi connectivity index (χ2v) is 12.7. The van der Waals surface area contributed by atoms with Gasteiger partial charge in [0, 0.05) is 37.6 Å². The first-order chi connectivity index (χ1) is 18.6. The van der Waals surface area contributed by atoms with Crippen molar-refractivity contribution in [3.8, 4) is 11.8 Å². The fourth-order valence-corrected chi connectivity index (χ4v) is 7.67. The molecule has 1 amide bonds. The molecule has 2 aliphatic heterocycles. The summed E-state index contributed by atoms with van der Waals surface area (Å²) in [6, 6.07) is 14.9. The van der Waals surface area contributed by atoms with Crippen LogP contribution in [0.5, 0.6) is 5.75 Å². The molecule has 0 radical (unpaired) electrons. The van der Waals surface area contributed by atoms with E-state index >= 15 is 0 Å². The first-order valence-electron chi connectivity index (χ1n) is 13.6. The smallest absolute Gasteiger partial charge is 0.243 e. The van der Waals surface area contributed by atoms with E-state index in [1.807, 2.05) is 49.1 Å². The van der Waals surface area contributed by atoms with Crippen molar-refractivity contribution in [2.24, 2.45) is 5.92 Å². The number of ether oxygens (including phenoxy) is 1. The van der Waals surface area contributed by atoms with Crippen LogP contribution in [0.15, 0.2) is 53.4 Å². The van der Waals surface area contributed by atoms with Crippen molar-refractivity contribution in [1.29, 1.82) is 5.26 Å². The minimum absolute atomic E-state index is 0.0244. The van der Waals surface area contributed by atoms with Gasteiger partial charge >= 0.3 is 0 Å². The van der Waals surface area contributed by atoms with E-state index in [4.69, 9.17) is 4.74 Å². The van der Waals surface area contributed by atoms with Crippen molar-refractivity contribution in [2.75, 3.05) is 45.1 Å². The normalized spacial score (nSPS) is 24.0. The first-order valence-corrected chi connectivity index (χ1v) is 15.0. The summed E-state index contributed by atoms with van der Waals surface area (Å²) in [5.41, 5.74) is 0.939. The topological polar surface area (TPSA) is 106 Å². The molecule has 4 atom stereocenters. The molecule has 0 spiro atoms. The number of anilines is 1. The number of amides is 1. The van der Waals surface area contributed by atoms with Gasteiger partial charge in [0.25, 0.3) is 0 Å². The molecule has 2 aliphatic rings. The van der Waals surface area contributed by atoms with Gasteiger partial charge in [0.15, 0.2) is 0 Å². The number of nitriles is 1. The molecule has 0 saturated carbocycles. The maximum Gasteiger partial charge on any atom is 0.243 e. The van der Waals surface area contributed by atoms with Crippen LogP contribution in [-0.4, -0.2) is 86.4 Å². The molecule has 4 rings (SSSR count). The molecular weight excluding hydrogens is 514 g/mol. The summed E-state index contributed by atoms with van der Waals surface area (Å²) in [4.78, 5) is 17.5. The van der Waals surface area contributed by atoms with Crippen LogP contribution >= 0.6 is 0 Å². The van der Waals surface area contributed by atoms with E-state index in [1.54, 1.807) is 12.1 Å². The van der Waals surface area contributed by atoms with Gasteiger partial charge < -0.3 is 15.0 Å². The summed E-state index contributed by atoms with van der Waals surface area (Å²) in [6.07, 6.45) is 2.31. The SMILES string of the molecule is CC(Oc1ccccc1NC(=O)CN1CC(C)N(S(=O)(=O)c2cccc(C#N)c2)C(C)C1)C1CCCN(C)C1. The predicted octanol–water partition coefficient (Wildman–Crippen LogP) is 3.39. The van der Waals surface area contributed by atoms with Gasteiger partial charge in [-0.3, -0.25) is 9.69 Å². The molecule has 2 heterocycles. The third kappa shape index (κ3) is 6.97. The highest BCUT2D eigenvalue weighted by Crippen LogP contribution is 2.29. The zero-order chi connectivity index (χ0) is 28.2. The average Bonchev–Trinajstić information content (AvgIpc) is 2.89. The van der Waals surface area contributed by atoms with Crippen LogP contribution in [0.2, 0.25) is 0 Å². The van der Waals surface area contributed by atoms with Gasteiger partial charge in [0.1, 0.15) is 11.9 Å². The van der Waals surface area contributed by atoms with Gasteiger partial charge in [-0.15, -0.1) is 0 Å². The molecule has 2 aromatic rings. The Balaban J connectivity index is 1.37. The summed E-state index contributed by atoms with van der Waals surface area (Å²) >= 11 is 0. The van der Waals surface area contributed by atoms with Crippen LogP contribution in [0.1, 0.15) is 39.2 Å². The summed E-state index contributed by atoms with van der Waals surface area (Å²) in [5.74, 6) is 0.919. The Labute approximate surface area is 232 Å². The van der Waals surface area contributed by atoms with Crippen molar-refractivity contribution >= 4 is 21.6 Å². The van der Waals surface area contributed by atoms with Crippen molar-refractivity contribution < 1.29 is 17.9 Å². The fraction of sp³-hybridized carbons (Fsp3) is 0.517. The number of hydrogen-bond donors (Lipinski definition) is 1. The Morgan fingerprint density at radius 1 is 1.13 bits per heavy atom. The number of benzene rings is 2. The molecule has 9 nitrogen and oxygen atoms in total. The second-order valence-electron chi connectivity index (χ2n) is 10.9. The minimum Gasteiger partial charge on any atom is -0.488 e. The average molecular weight is 554 g/mol. The van der Waals surface area contributed by atoms with E-state index in [0.29, 0.717) is 36.0 Å². The number of hydrogen-bond acceptors (Lipinski definition) is 7. The number of nitrogens with one attached hydrogen (secondary N) is 1. The largest absolute Gasteiger partial charge is 0.488 e. The predicted molar refractivity (Wildman–Crippen MR) is 151 cm³/mol. The van der Waals surface area contributed by atoms with E-state index in [9.17, 15) is 18.5 Å². The number of para-hydroxylation sites is 2. The summed E-state index contributed by atoms with van der Waals surface area (Å²) in [7, 11) is -1.65. The minimum atomic E-state index is -3.79. The molecule has 10 heteroatoms.